The number of rotatable bonds is 3. The second kappa shape index (κ2) is 4.97. The molecule has 0 saturated carbocycles. The summed E-state index contributed by atoms with van der Waals surface area (Å²) in [6.07, 6.45) is 1.61. The normalized spacial score (nSPS) is 10.4. The predicted molar refractivity (Wildman–Crippen MR) is 73.8 cm³/mol. The average Bonchev–Trinajstić information content (AvgIpc) is 2.98. The van der Waals surface area contributed by atoms with E-state index in [4.69, 9.17) is 5.11 Å². The fourth-order valence-electron chi connectivity index (χ4n) is 1.89. The Hall–Kier alpha value is -2.95. The molecule has 0 bridgehead atoms. The van der Waals surface area contributed by atoms with Crippen molar-refractivity contribution in [2.45, 2.75) is 0 Å². The lowest BCUT2D eigenvalue weighted by atomic mass is 10.1. The second-order valence-electron chi connectivity index (χ2n) is 4.23. The molecule has 3 rings (SSSR count). The van der Waals surface area contributed by atoms with Crippen molar-refractivity contribution in [1.29, 1.82) is 0 Å². The quantitative estimate of drug-likeness (QED) is 0.790. The summed E-state index contributed by atoms with van der Waals surface area (Å²) in [7, 11) is 0. The van der Waals surface area contributed by atoms with Gasteiger partial charge in [0, 0.05) is 5.56 Å². The summed E-state index contributed by atoms with van der Waals surface area (Å²) in [6, 6.07) is 16.2. The van der Waals surface area contributed by atoms with Gasteiger partial charge in [0.15, 0.2) is 5.82 Å². The van der Waals surface area contributed by atoms with Gasteiger partial charge in [0.25, 0.3) is 0 Å². The predicted octanol–water partition coefficient (Wildman–Crippen LogP) is 2.63. The lowest BCUT2D eigenvalue weighted by molar-refractivity contribution is 0.0697. The van der Waals surface area contributed by atoms with Gasteiger partial charge in [-0.2, -0.15) is 0 Å². The number of nitrogens with zero attached hydrogens (tertiary/aromatic N) is 3. The molecule has 0 unspecified atom stereocenters. The smallest absolute Gasteiger partial charge is 0.335 e. The number of aromatic nitrogens is 3. The molecule has 0 atom stereocenters. The van der Waals surface area contributed by atoms with E-state index in [1.807, 2.05) is 30.3 Å². The first-order valence-corrected chi connectivity index (χ1v) is 6.05. The molecule has 0 fully saturated rings. The van der Waals surface area contributed by atoms with E-state index in [2.05, 4.69) is 10.1 Å². The first-order valence-electron chi connectivity index (χ1n) is 6.05. The fourth-order valence-corrected chi connectivity index (χ4v) is 1.89. The zero-order valence-corrected chi connectivity index (χ0v) is 10.5. The number of carboxylic acids is 1. The Morgan fingerprint density at radius 1 is 1.05 bits per heavy atom. The van der Waals surface area contributed by atoms with Crippen LogP contribution in [-0.2, 0) is 0 Å². The molecule has 0 saturated heterocycles. The highest BCUT2D eigenvalue weighted by molar-refractivity contribution is 5.89. The Morgan fingerprint density at radius 3 is 2.60 bits per heavy atom. The van der Waals surface area contributed by atoms with E-state index in [-0.39, 0.29) is 5.56 Å². The summed E-state index contributed by atoms with van der Waals surface area (Å²) < 4.78 is 1.66. The fraction of sp³-hybridized carbons (Fsp3) is 0. The van der Waals surface area contributed by atoms with E-state index in [1.54, 1.807) is 35.3 Å². The molecule has 0 radical (unpaired) electrons. The van der Waals surface area contributed by atoms with Crippen LogP contribution in [0.3, 0.4) is 0 Å². The van der Waals surface area contributed by atoms with Crippen LogP contribution in [-0.4, -0.2) is 25.8 Å². The molecule has 0 spiro atoms. The maximum absolute atomic E-state index is 11.0. The van der Waals surface area contributed by atoms with Crippen molar-refractivity contribution in [2.75, 3.05) is 0 Å². The molecule has 0 amide bonds. The standard InChI is InChI=1S/C15H11N3O2/c19-15(20)12-6-4-5-11(9-12)14-16-10-18(17-14)13-7-2-1-3-8-13/h1-10H,(H,19,20). The van der Waals surface area contributed by atoms with Gasteiger partial charge in [-0.1, -0.05) is 30.3 Å². The van der Waals surface area contributed by atoms with Gasteiger partial charge >= 0.3 is 5.97 Å². The summed E-state index contributed by atoms with van der Waals surface area (Å²) in [4.78, 5) is 15.2. The maximum atomic E-state index is 11.0. The Bertz CT molecular complexity index is 751. The first-order chi connectivity index (χ1) is 9.74. The highest BCUT2D eigenvalue weighted by Crippen LogP contribution is 2.17. The minimum Gasteiger partial charge on any atom is -0.478 e. The zero-order chi connectivity index (χ0) is 13.9. The molecule has 1 aromatic heterocycles. The third kappa shape index (κ3) is 2.29. The summed E-state index contributed by atoms with van der Waals surface area (Å²) in [6.45, 7) is 0. The van der Waals surface area contributed by atoms with Crippen LogP contribution in [0.1, 0.15) is 10.4 Å². The molecule has 20 heavy (non-hydrogen) atoms. The van der Waals surface area contributed by atoms with Crippen LogP contribution in [0, 0.1) is 0 Å². The lowest BCUT2D eigenvalue weighted by Gasteiger charge is -1.99. The maximum Gasteiger partial charge on any atom is 0.335 e. The third-order valence-corrected chi connectivity index (χ3v) is 2.88. The third-order valence-electron chi connectivity index (χ3n) is 2.88. The highest BCUT2D eigenvalue weighted by atomic mass is 16.4. The molecule has 2 aromatic carbocycles. The van der Waals surface area contributed by atoms with Crippen molar-refractivity contribution in [3.63, 3.8) is 0 Å². The second-order valence-corrected chi connectivity index (χ2v) is 4.23. The summed E-state index contributed by atoms with van der Waals surface area (Å²) in [5, 5.41) is 13.4. The van der Waals surface area contributed by atoms with Crippen LogP contribution in [0.2, 0.25) is 0 Å². The van der Waals surface area contributed by atoms with Gasteiger partial charge in [0.2, 0.25) is 0 Å². The number of aromatic carboxylic acids is 1. The van der Waals surface area contributed by atoms with Crippen molar-refractivity contribution < 1.29 is 9.90 Å². The van der Waals surface area contributed by atoms with Crippen molar-refractivity contribution in [3.05, 3.63) is 66.5 Å². The van der Waals surface area contributed by atoms with E-state index in [1.165, 1.54) is 0 Å². The van der Waals surface area contributed by atoms with E-state index in [0.29, 0.717) is 11.4 Å². The molecule has 1 heterocycles. The Morgan fingerprint density at radius 2 is 1.85 bits per heavy atom. The molecular formula is C15H11N3O2. The van der Waals surface area contributed by atoms with Crippen LogP contribution >= 0.6 is 0 Å². The monoisotopic (exact) mass is 265 g/mol. The molecule has 1 N–H and O–H groups in total. The topological polar surface area (TPSA) is 68.0 Å². The van der Waals surface area contributed by atoms with Gasteiger partial charge in [0.1, 0.15) is 6.33 Å². The number of para-hydroxylation sites is 1. The average molecular weight is 265 g/mol. The van der Waals surface area contributed by atoms with Gasteiger partial charge in [-0.3, -0.25) is 0 Å². The molecular weight excluding hydrogens is 254 g/mol. The van der Waals surface area contributed by atoms with E-state index >= 15 is 0 Å². The number of hydrogen-bond donors (Lipinski definition) is 1. The van der Waals surface area contributed by atoms with Gasteiger partial charge in [-0.15, -0.1) is 5.10 Å². The SMILES string of the molecule is O=C(O)c1cccc(-c2ncn(-c3ccccc3)n2)c1. The minimum atomic E-state index is -0.964. The number of carboxylic acid groups (broad SMARTS) is 1. The molecule has 3 aromatic rings. The summed E-state index contributed by atoms with van der Waals surface area (Å²) in [5.74, 6) is -0.466. The minimum absolute atomic E-state index is 0.221. The molecule has 0 aliphatic rings. The van der Waals surface area contributed by atoms with Crippen LogP contribution in [0.25, 0.3) is 17.1 Å². The van der Waals surface area contributed by atoms with E-state index < -0.39 is 5.97 Å². The number of benzene rings is 2. The van der Waals surface area contributed by atoms with E-state index in [9.17, 15) is 4.79 Å². The van der Waals surface area contributed by atoms with Crippen LogP contribution < -0.4 is 0 Å². The van der Waals surface area contributed by atoms with Crippen molar-refractivity contribution in [2.24, 2.45) is 0 Å². The Labute approximate surface area is 115 Å². The van der Waals surface area contributed by atoms with Gasteiger partial charge in [0.05, 0.1) is 11.3 Å². The zero-order valence-electron chi connectivity index (χ0n) is 10.5. The van der Waals surface area contributed by atoms with Crippen molar-refractivity contribution in [1.82, 2.24) is 14.8 Å². The number of hydrogen-bond acceptors (Lipinski definition) is 3. The van der Waals surface area contributed by atoms with Crippen LogP contribution in [0.5, 0.6) is 0 Å². The molecule has 5 heteroatoms. The van der Waals surface area contributed by atoms with Crippen LogP contribution in [0.15, 0.2) is 60.9 Å². The van der Waals surface area contributed by atoms with Gasteiger partial charge < -0.3 is 5.11 Å². The van der Waals surface area contributed by atoms with Crippen LogP contribution in [0.4, 0.5) is 0 Å². The first kappa shape index (κ1) is 12.1. The summed E-state index contributed by atoms with van der Waals surface area (Å²) >= 11 is 0. The largest absolute Gasteiger partial charge is 0.478 e. The Kier molecular flexibility index (Phi) is 3.01. The van der Waals surface area contributed by atoms with Gasteiger partial charge in [-0.05, 0) is 24.3 Å². The molecule has 0 aliphatic heterocycles. The summed E-state index contributed by atoms with van der Waals surface area (Å²) in [5.41, 5.74) is 1.80. The van der Waals surface area contributed by atoms with E-state index in [0.717, 1.165) is 5.69 Å². The molecule has 98 valence electrons. The molecule has 0 aliphatic carbocycles. The van der Waals surface area contributed by atoms with Crippen molar-refractivity contribution >= 4 is 5.97 Å². The Balaban J connectivity index is 1.98. The van der Waals surface area contributed by atoms with Gasteiger partial charge in [-0.25, -0.2) is 14.5 Å². The lowest BCUT2D eigenvalue weighted by Crippen LogP contribution is -1.97. The highest BCUT2D eigenvalue weighted by Gasteiger charge is 2.08. The van der Waals surface area contributed by atoms with Crippen molar-refractivity contribution in [3.8, 4) is 17.1 Å². The molecule has 5 nitrogen and oxygen atoms in total. The number of carbonyl (C=O) groups is 1.